The lowest BCUT2D eigenvalue weighted by Gasteiger charge is -1.93. The van der Waals surface area contributed by atoms with Crippen LogP contribution in [0.25, 0.3) is 11.2 Å². The fraction of sp³-hybridized carbons (Fsp3) is 0.143. The first-order valence-electron chi connectivity index (χ1n) is 3.43. The van der Waals surface area contributed by atoms with Crippen molar-refractivity contribution in [3.8, 4) is 0 Å². The SMILES string of the molecule is CSn1c(=O)[nH]c2ncccc21. The summed E-state index contributed by atoms with van der Waals surface area (Å²) in [6.07, 6.45) is 3.50. The van der Waals surface area contributed by atoms with E-state index in [1.807, 2.05) is 18.4 Å². The lowest BCUT2D eigenvalue weighted by molar-refractivity contribution is 1.15. The van der Waals surface area contributed by atoms with Crippen molar-refractivity contribution in [1.82, 2.24) is 13.9 Å². The molecule has 62 valence electrons. The first-order chi connectivity index (χ1) is 5.83. The topological polar surface area (TPSA) is 50.7 Å². The van der Waals surface area contributed by atoms with Crippen LogP contribution in [0.5, 0.6) is 0 Å². The number of rotatable bonds is 1. The van der Waals surface area contributed by atoms with E-state index in [0.29, 0.717) is 5.65 Å². The molecule has 0 spiro atoms. The van der Waals surface area contributed by atoms with Crippen LogP contribution in [0.1, 0.15) is 0 Å². The summed E-state index contributed by atoms with van der Waals surface area (Å²) in [4.78, 5) is 17.9. The third-order valence-corrected chi connectivity index (χ3v) is 2.33. The molecule has 0 radical (unpaired) electrons. The number of aromatic nitrogens is 3. The Kier molecular flexibility index (Phi) is 1.65. The maximum absolute atomic E-state index is 11.2. The normalized spacial score (nSPS) is 10.8. The Balaban J connectivity index is 2.91. The minimum Gasteiger partial charge on any atom is -0.289 e. The van der Waals surface area contributed by atoms with Gasteiger partial charge in [-0.15, -0.1) is 0 Å². The number of aromatic amines is 1. The van der Waals surface area contributed by atoms with Crippen LogP contribution in [0.4, 0.5) is 0 Å². The summed E-state index contributed by atoms with van der Waals surface area (Å²) in [5.41, 5.74) is 1.34. The minimum absolute atomic E-state index is 0.129. The maximum atomic E-state index is 11.2. The van der Waals surface area contributed by atoms with Crippen LogP contribution in [0.15, 0.2) is 23.1 Å². The number of H-pyrrole nitrogens is 1. The molecule has 0 unspecified atom stereocenters. The van der Waals surface area contributed by atoms with Gasteiger partial charge in [0.05, 0.1) is 5.52 Å². The Hall–Kier alpha value is -1.23. The summed E-state index contributed by atoms with van der Waals surface area (Å²) in [6, 6.07) is 3.67. The minimum atomic E-state index is -0.129. The Bertz CT molecular complexity index is 459. The first kappa shape index (κ1) is 7.42. The van der Waals surface area contributed by atoms with Crippen molar-refractivity contribution in [2.45, 2.75) is 0 Å². The Morgan fingerprint density at radius 1 is 1.67 bits per heavy atom. The zero-order valence-electron chi connectivity index (χ0n) is 6.44. The van der Waals surface area contributed by atoms with Crippen LogP contribution in [0, 0.1) is 0 Å². The molecule has 0 aliphatic carbocycles. The number of imidazole rings is 1. The number of nitrogens with one attached hydrogen (secondary N) is 1. The number of hydrogen-bond donors (Lipinski definition) is 1. The molecule has 0 aliphatic heterocycles. The molecule has 12 heavy (non-hydrogen) atoms. The maximum Gasteiger partial charge on any atom is 0.337 e. The molecule has 0 bridgehead atoms. The van der Waals surface area contributed by atoms with Crippen molar-refractivity contribution in [2.24, 2.45) is 0 Å². The van der Waals surface area contributed by atoms with Gasteiger partial charge < -0.3 is 0 Å². The molecule has 5 heteroatoms. The van der Waals surface area contributed by atoms with E-state index >= 15 is 0 Å². The van der Waals surface area contributed by atoms with E-state index in [0.717, 1.165) is 5.52 Å². The molecule has 0 amide bonds. The Labute approximate surface area is 72.8 Å². The van der Waals surface area contributed by atoms with E-state index in [9.17, 15) is 4.79 Å². The van der Waals surface area contributed by atoms with Gasteiger partial charge in [0.1, 0.15) is 0 Å². The van der Waals surface area contributed by atoms with E-state index in [1.165, 1.54) is 11.9 Å². The molecule has 2 rings (SSSR count). The molecule has 2 heterocycles. The van der Waals surface area contributed by atoms with Gasteiger partial charge in [0.2, 0.25) is 0 Å². The molecule has 0 aromatic carbocycles. The molecular formula is C7H7N3OS. The van der Waals surface area contributed by atoms with Gasteiger partial charge in [-0.05, 0) is 24.1 Å². The monoisotopic (exact) mass is 181 g/mol. The molecule has 0 aliphatic rings. The lowest BCUT2D eigenvalue weighted by Crippen LogP contribution is -2.09. The van der Waals surface area contributed by atoms with Crippen LogP contribution >= 0.6 is 11.9 Å². The summed E-state index contributed by atoms with van der Waals surface area (Å²) in [7, 11) is 0. The summed E-state index contributed by atoms with van der Waals surface area (Å²) >= 11 is 1.36. The van der Waals surface area contributed by atoms with E-state index in [2.05, 4.69) is 9.97 Å². The van der Waals surface area contributed by atoms with Crippen molar-refractivity contribution >= 4 is 23.1 Å². The predicted octanol–water partition coefficient (Wildman–Crippen LogP) is 0.851. The second-order valence-corrected chi connectivity index (χ2v) is 3.01. The van der Waals surface area contributed by atoms with E-state index in [4.69, 9.17) is 0 Å². The molecule has 4 nitrogen and oxygen atoms in total. The summed E-state index contributed by atoms with van der Waals surface area (Å²) in [5.74, 6) is 0. The predicted molar refractivity (Wildman–Crippen MR) is 49.3 cm³/mol. The molecule has 0 fully saturated rings. The van der Waals surface area contributed by atoms with Crippen LogP contribution in [0.2, 0.25) is 0 Å². The standard InChI is InChI=1S/C7H7N3OS/c1-12-10-5-3-2-4-8-6(5)9-7(10)11/h2-4H,1H3,(H,8,9,11). The fourth-order valence-corrected chi connectivity index (χ4v) is 1.66. The number of fused-ring (bicyclic) bond motifs is 1. The Morgan fingerprint density at radius 2 is 2.50 bits per heavy atom. The second kappa shape index (κ2) is 2.67. The molecule has 0 saturated carbocycles. The highest BCUT2D eigenvalue weighted by molar-refractivity contribution is 7.97. The van der Waals surface area contributed by atoms with Crippen LogP contribution in [-0.4, -0.2) is 20.2 Å². The first-order valence-corrected chi connectivity index (χ1v) is 4.61. The van der Waals surface area contributed by atoms with Gasteiger partial charge in [0.15, 0.2) is 5.65 Å². The van der Waals surface area contributed by atoms with Crippen molar-refractivity contribution in [1.29, 1.82) is 0 Å². The molecule has 1 N–H and O–H groups in total. The zero-order chi connectivity index (χ0) is 8.55. The summed E-state index contributed by atoms with van der Waals surface area (Å²) < 4.78 is 1.57. The highest BCUT2D eigenvalue weighted by atomic mass is 32.2. The van der Waals surface area contributed by atoms with Gasteiger partial charge in [0.25, 0.3) is 0 Å². The largest absolute Gasteiger partial charge is 0.337 e. The molecular weight excluding hydrogens is 174 g/mol. The van der Waals surface area contributed by atoms with Gasteiger partial charge in [-0.1, -0.05) is 0 Å². The van der Waals surface area contributed by atoms with Gasteiger partial charge in [0, 0.05) is 12.5 Å². The third kappa shape index (κ3) is 0.937. The van der Waals surface area contributed by atoms with Crippen LogP contribution < -0.4 is 5.69 Å². The Morgan fingerprint density at radius 3 is 3.25 bits per heavy atom. The smallest absolute Gasteiger partial charge is 0.289 e. The van der Waals surface area contributed by atoms with Crippen LogP contribution in [0.3, 0.4) is 0 Å². The van der Waals surface area contributed by atoms with E-state index in [1.54, 1.807) is 10.2 Å². The average molecular weight is 181 g/mol. The quantitative estimate of drug-likeness (QED) is 0.709. The highest BCUT2D eigenvalue weighted by Crippen LogP contribution is 2.09. The summed E-state index contributed by atoms with van der Waals surface area (Å²) in [6.45, 7) is 0. The number of pyridine rings is 1. The van der Waals surface area contributed by atoms with Gasteiger partial charge in [-0.25, -0.2) is 13.8 Å². The van der Waals surface area contributed by atoms with Crippen molar-refractivity contribution in [2.75, 3.05) is 6.26 Å². The summed E-state index contributed by atoms with van der Waals surface area (Å²) in [5, 5.41) is 0. The van der Waals surface area contributed by atoms with Crippen molar-refractivity contribution < 1.29 is 0 Å². The van der Waals surface area contributed by atoms with Gasteiger partial charge >= 0.3 is 5.69 Å². The second-order valence-electron chi connectivity index (χ2n) is 2.28. The highest BCUT2D eigenvalue weighted by Gasteiger charge is 2.04. The van der Waals surface area contributed by atoms with Crippen molar-refractivity contribution in [3.63, 3.8) is 0 Å². The molecule has 0 saturated heterocycles. The lowest BCUT2D eigenvalue weighted by atomic mass is 10.4. The zero-order valence-corrected chi connectivity index (χ0v) is 7.26. The van der Waals surface area contributed by atoms with Gasteiger partial charge in [-0.3, -0.25) is 4.98 Å². The fourth-order valence-electron chi connectivity index (χ4n) is 1.10. The third-order valence-electron chi connectivity index (χ3n) is 1.60. The number of nitrogens with zero attached hydrogens (tertiary/aromatic N) is 2. The molecule has 0 atom stereocenters. The molecule has 2 aromatic rings. The molecule has 2 aromatic heterocycles. The number of hydrogen-bond acceptors (Lipinski definition) is 3. The average Bonchev–Trinajstić information content (AvgIpc) is 2.40. The van der Waals surface area contributed by atoms with Crippen molar-refractivity contribution in [3.05, 3.63) is 28.8 Å². The van der Waals surface area contributed by atoms with E-state index in [-0.39, 0.29) is 5.69 Å². The van der Waals surface area contributed by atoms with Gasteiger partial charge in [-0.2, -0.15) is 0 Å². The van der Waals surface area contributed by atoms with Crippen LogP contribution in [-0.2, 0) is 0 Å². The van der Waals surface area contributed by atoms with E-state index < -0.39 is 0 Å².